The Hall–Kier alpha value is -1.75. The van der Waals surface area contributed by atoms with E-state index in [0.717, 1.165) is 57.0 Å². The Morgan fingerprint density at radius 3 is 2.48 bits per heavy atom. The van der Waals surface area contributed by atoms with E-state index in [1.54, 1.807) is 14.0 Å². The molecule has 138 valence electrons. The minimum atomic E-state index is 0.234. The normalized spacial score (nSPS) is 23.8. The van der Waals surface area contributed by atoms with Crippen molar-refractivity contribution in [3.05, 3.63) is 24.3 Å². The van der Waals surface area contributed by atoms with Crippen LogP contribution in [0.15, 0.2) is 24.3 Å². The second kappa shape index (κ2) is 8.56. The van der Waals surface area contributed by atoms with Crippen LogP contribution in [0.3, 0.4) is 0 Å². The third kappa shape index (κ3) is 4.46. The second-order valence-corrected chi connectivity index (χ2v) is 7.05. The van der Waals surface area contributed by atoms with E-state index < -0.39 is 0 Å². The zero-order chi connectivity index (χ0) is 17.6. The molecule has 0 radical (unpaired) electrons. The van der Waals surface area contributed by atoms with Gasteiger partial charge in [0.05, 0.1) is 13.7 Å². The molecule has 2 unspecified atom stereocenters. The molecule has 25 heavy (non-hydrogen) atoms. The standard InChI is InChI=1S/C20H30N2O3/c1-16(23)22-14-4-7-20(22)19-6-3-12-21(19)13-5-15-25-18-10-8-17(24-2)9-11-18/h8-11,19-20H,3-7,12-15H2,1-2H3. The number of carbonyl (C=O) groups excluding carboxylic acids is 1. The average molecular weight is 346 g/mol. The monoisotopic (exact) mass is 346 g/mol. The van der Waals surface area contributed by atoms with Crippen LogP contribution in [0.5, 0.6) is 11.5 Å². The first kappa shape index (κ1) is 18.1. The first-order valence-electron chi connectivity index (χ1n) is 9.47. The van der Waals surface area contributed by atoms with E-state index >= 15 is 0 Å². The predicted octanol–water partition coefficient (Wildman–Crippen LogP) is 2.94. The van der Waals surface area contributed by atoms with Gasteiger partial charge in [-0.25, -0.2) is 0 Å². The minimum Gasteiger partial charge on any atom is -0.497 e. The van der Waals surface area contributed by atoms with Crippen molar-refractivity contribution >= 4 is 5.91 Å². The molecular weight excluding hydrogens is 316 g/mol. The van der Waals surface area contributed by atoms with Gasteiger partial charge in [-0.3, -0.25) is 9.69 Å². The van der Waals surface area contributed by atoms with Gasteiger partial charge in [-0.05, 0) is 62.9 Å². The molecule has 0 spiro atoms. The van der Waals surface area contributed by atoms with Gasteiger partial charge in [0.25, 0.3) is 0 Å². The number of benzene rings is 1. The first-order chi connectivity index (χ1) is 12.2. The van der Waals surface area contributed by atoms with Crippen LogP contribution in [-0.4, -0.2) is 61.1 Å². The molecule has 1 aromatic carbocycles. The molecule has 2 fully saturated rings. The maximum Gasteiger partial charge on any atom is 0.219 e. The maximum atomic E-state index is 11.9. The molecule has 0 bridgehead atoms. The topological polar surface area (TPSA) is 42.0 Å². The second-order valence-electron chi connectivity index (χ2n) is 7.05. The van der Waals surface area contributed by atoms with Crippen LogP contribution < -0.4 is 9.47 Å². The van der Waals surface area contributed by atoms with Gasteiger partial charge in [0.2, 0.25) is 5.91 Å². The lowest BCUT2D eigenvalue weighted by Crippen LogP contribution is -2.48. The van der Waals surface area contributed by atoms with Crippen LogP contribution in [0.4, 0.5) is 0 Å². The molecule has 5 heteroatoms. The smallest absolute Gasteiger partial charge is 0.219 e. The van der Waals surface area contributed by atoms with Crippen molar-refractivity contribution in [1.82, 2.24) is 9.80 Å². The Morgan fingerprint density at radius 2 is 1.76 bits per heavy atom. The Labute approximate surface area is 150 Å². The fraction of sp³-hybridized carbons (Fsp3) is 0.650. The summed E-state index contributed by atoms with van der Waals surface area (Å²) in [6.07, 6.45) is 5.77. The van der Waals surface area contributed by atoms with Crippen LogP contribution in [-0.2, 0) is 4.79 Å². The van der Waals surface area contributed by atoms with Gasteiger partial charge in [0, 0.05) is 32.1 Å². The van der Waals surface area contributed by atoms with Crippen LogP contribution in [0, 0.1) is 0 Å². The van der Waals surface area contributed by atoms with Crippen molar-refractivity contribution in [2.45, 2.75) is 51.1 Å². The lowest BCUT2D eigenvalue weighted by atomic mass is 10.0. The number of methoxy groups -OCH3 is 1. The molecule has 5 nitrogen and oxygen atoms in total. The SMILES string of the molecule is COc1ccc(OCCCN2CCCC2C2CCCN2C(C)=O)cc1. The average Bonchev–Trinajstić information content (AvgIpc) is 3.27. The molecule has 0 N–H and O–H groups in total. The van der Waals surface area contributed by atoms with E-state index in [4.69, 9.17) is 9.47 Å². The predicted molar refractivity (Wildman–Crippen MR) is 98.1 cm³/mol. The summed E-state index contributed by atoms with van der Waals surface area (Å²) in [5.74, 6) is 1.97. The zero-order valence-corrected chi connectivity index (χ0v) is 15.4. The van der Waals surface area contributed by atoms with Crippen molar-refractivity contribution in [2.75, 3.05) is 33.4 Å². The molecular formula is C20H30N2O3. The van der Waals surface area contributed by atoms with Crippen LogP contribution in [0.1, 0.15) is 39.0 Å². The Morgan fingerprint density at radius 1 is 1.08 bits per heavy atom. The van der Waals surface area contributed by atoms with Crippen molar-refractivity contribution < 1.29 is 14.3 Å². The fourth-order valence-electron chi connectivity index (χ4n) is 4.28. The van der Waals surface area contributed by atoms with E-state index in [2.05, 4.69) is 9.80 Å². The summed E-state index contributed by atoms with van der Waals surface area (Å²) in [5, 5.41) is 0. The van der Waals surface area contributed by atoms with Gasteiger partial charge in [0.15, 0.2) is 0 Å². The number of amides is 1. The summed E-state index contributed by atoms with van der Waals surface area (Å²) in [7, 11) is 1.67. The van der Waals surface area contributed by atoms with E-state index in [1.807, 2.05) is 24.3 Å². The number of hydrogen-bond acceptors (Lipinski definition) is 4. The van der Waals surface area contributed by atoms with Gasteiger partial charge in [-0.1, -0.05) is 0 Å². The molecule has 0 saturated carbocycles. The van der Waals surface area contributed by atoms with Crippen molar-refractivity contribution in [3.8, 4) is 11.5 Å². The Balaban J connectivity index is 1.44. The van der Waals surface area contributed by atoms with Gasteiger partial charge in [-0.2, -0.15) is 0 Å². The van der Waals surface area contributed by atoms with Crippen LogP contribution in [0.2, 0.25) is 0 Å². The number of ether oxygens (including phenoxy) is 2. The number of hydrogen-bond donors (Lipinski definition) is 0. The van der Waals surface area contributed by atoms with Crippen molar-refractivity contribution in [2.24, 2.45) is 0 Å². The summed E-state index contributed by atoms with van der Waals surface area (Å²) < 4.78 is 11.0. The quantitative estimate of drug-likeness (QED) is 0.712. The summed E-state index contributed by atoms with van der Waals surface area (Å²) in [6.45, 7) is 5.56. The lowest BCUT2D eigenvalue weighted by molar-refractivity contribution is -0.130. The third-order valence-electron chi connectivity index (χ3n) is 5.48. The van der Waals surface area contributed by atoms with Gasteiger partial charge in [-0.15, -0.1) is 0 Å². The zero-order valence-electron chi connectivity index (χ0n) is 15.4. The molecule has 0 aliphatic carbocycles. The molecule has 3 rings (SSSR count). The first-order valence-corrected chi connectivity index (χ1v) is 9.47. The molecule has 1 amide bonds. The lowest BCUT2D eigenvalue weighted by Gasteiger charge is -2.34. The number of likely N-dealkylation sites (tertiary alicyclic amines) is 2. The molecule has 0 aromatic heterocycles. The van der Waals surface area contributed by atoms with Crippen LogP contribution in [0.25, 0.3) is 0 Å². The molecule has 2 aliphatic heterocycles. The number of rotatable bonds is 7. The molecule has 2 atom stereocenters. The number of carbonyl (C=O) groups is 1. The van der Waals surface area contributed by atoms with Gasteiger partial charge in [0.1, 0.15) is 11.5 Å². The van der Waals surface area contributed by atoms with E-state index in [1.165, 1.54) is 12.8 Å². The summed E-state index contributed by atoms with van der Waals surface area (Å²) in [6, 6.07) is 8.68. The third-order valence-corrected chi connectivity index (χ3v) is 5.48. The molecule has 1 aromatic rings. The van der Waals surface area contributed by atoms with Crippen molar-refractivity contribution in [1.29, 1.82) is 0 Å². The molecule has 2 saturated heterocycles. The highest BCUT2D eigenvalue weighted by Gasteiger charge is 2.38. The highest BCUT2D eigenvalue weighted by atomic mass is 16.5. The maximum absolute atomic E-state index is 11.9. The molecule has 2 heterocycles. The largest absolute Gasteiger partial charge is 0.497 e. The van der Waals surface area contributed by atoms with E-state index in [0.29, 0.717) is 12.1 Å². The summed E-state index contributed by atoms with van der Waals surface area (Å²) in [5.41, 5.74) is 0. The Kier molecular flexibility index (Phi) is 6.19. The summed E-state index contributed by atoms with van der Waals surface area (Å²) >= 11 is 0. The van der Waals surface area contributed by atoms with E-state index in [9.17, 15) is 4.79 Å². The fourth-order valence-corrected chi connectivity index (χ4v) is 4.28. The highest BCUT2D eigenvalue weighted by molar-refractivity contribution is 5.74. The van der Waals surface area contributed by atoms with Crippen LogP contribution >= 0.6 is 0 Å². The van der Waals surface area contributed by atoms with Gasteiger partial charge >= 0.3 is 0 Å². The minimum absolute atomic E-state index is 0.234. The van der Waals surface area contributed by atoms with Gasteiger partial charge < -0.3 is 14.4 Å². The number of nitrogens with zero attached hydrogens (tertiary/aromatic N) is 2. The Bertz CT molecular complexity index is 561. The van der Waals surface area contributed by atoms with Crippen molar-refractivity contribution in [3.63, 3.8) is 0 Å². The molecule has 2 aliphatic rings. The highest BCUT2D eigenvalue weighted by Crippen LogP contribution is 2.30. The van der Waals surface area contributed by atoms with E-state index in [-0.39, 0.29) is 5.91 Å². The summed E-state index contributed by atoms with van der Waals surface area (Å²) in [4.78, 5) is 16.5.